The highest BCUT2D eigenvalue weighted by molar-refractivity contribution is 5.29. The van der Waals surface area contributed by atoms with Crippen LogP contribution in [-0.2, 0) is 0 Å². The molecule has 0 saturated heterocycles. The van der Waals surface area contributed by atoms with Crippen LogP contribution in [0.5, 0.6) is 0 Å². The maximum Gasteiger partial charge on any atom is 0.207 e. The molecule has 2 rings (SSSR count). The average molecular weight is 162 g/mol. The van der Waals surface area contributed by atoms with E-state index in [-0.39, 0.29) is 0 Å². The van der Waals surface area contributed by atoms with Crippen molar-refractivity contribution in [1.29, 1.82) is 0 Å². The molecule has 61 valence electrons. The number of oxazole rings is 1. The monoisotopic (exact) mass is 162 g/mol. The van der Waals surface area contributed by atoms with Crippen molar-refractivity contribution in [3.8, 4) is 0 Å². The molecule has 0 atom stereocenters. The number of hydrogen-bond donors (Lipinski definition) is 1. The third-order valence-corrected chi connectivity index (χ3v) is 1.64. The summed E-state index contributed by atoms with van der Waals surface area (Å²) in [6.07, 6.45) is 4.93. The van der Waals surface area contributed by atoms with E-state index in [1.165, 1.54) is 0 Å². The molecule has 2 aromatic rings. The predicted octanol–water partition coefficient (Wildman–Crippen LogP) is 1.39. The molecular weight excluding hydrogens is 154 g/mol. The summed E-state index contributed by atoms with van der Waals surface area (Å²) in [4.78, 5) is 4.01. The van der Waals surface area contributed by atoms with E-state index in [0.29, 0.717) is 5.89 Å². The molecule has 12 heavy (non-hydrogen) atoms. The van der Waals surface area contributed by atoms with Crippen LogP contribution in [0, 0.1) is 5.92 Å². The highest BCUT2D eigenvalue weighted by Crippen LogP contribution is 2.18. The molecule has 0 saturated carbocycles. The first-order valence-electron chi connectivity index (χ1n) is 3.61. The van der Waals surface area contributed by atoms with Crippen LogP contribution in [-0.4, -0.2) is 15.2 Å². The summed E-state index contributed by atoms with van der Waals surface area (Å²) in [6.45, 7) is 1.92. The smallest absolute Gasteiger partial charge is 0.207 e. The number of nitrogens with zero attached hydrogens (tertiary/aromatic N) is 2. The van der Waals surface area contributed by atoms with E-state index in [4.69, 9.17) is 4.42 Å². The minimum Gasteiger partial charge on any atom is -0.448 e. The van der Waals surface area contributed by atoms with Gasteiger partial charge in [-0.25, -0.2) is 4.98 Å². The van der Waals surface area contributed by atoms with Gasteiger partial charge in [-0.15, -0.1) is 0 Å². The lowest BCUT2D eigenvalue weighted by atomic mass is 10.1. The standard InChI is InChI=1S/C8H8N3O/c1-6(7-2-3-10-11-7)8-9-4-5-12-8/h2-5H,1H3,(H,10,11). The summed E-state index contributed by atoms with van der Waals surface area (Å²) in [7, 11) is 0. The summed E-state index contributed by atoms with van der Waals surface area (Å²) in [5, 5.41) is 6.74. The van der Waals surface area contributed by atoms with Gasteiger partial charge in [0.15, 0.2) is 0 Å². The number of hydrogen-bond acceptors (Lipinski definition) is 3. The van der Waals surface area contributed by atoms with Gasteiger partial charge in [0.2, 0.25) is 5.89 Å². The van der Waals surface area contributed by atoms with Crippen molar-refractivity contribution in [2.75, 3.05) is 0 Å². The van der Waals surface area contributed by atoms with Gasteiger partial charge in [-0.3, -0.25) is 5.10 Å². The van der Waals surface area contributed by atoms with E-state index in [9.17, 15) is 0 Å². The lowest BCUT2D eigenvalue weighted by Gasteiger charge is -1.99. The molecule has 0 aromatic carbocycles. The molecule has 0 amide bonds. The largest absolute Gasteiger partial charge is 0.448 e. The molecule has 0 unspecified atom stereocenters. The second-order valence-electron chi connectivity index (χ2n) is 2.42. The van der Waals surface area contributed by atoms with Crippen LogP contribution in [0.15, 0.2) is 29.1 Å². The Kier molecular flexibility index (Phi) is 1.66. The Bertz CT molecular complexity index is 291. The summed E-state index contributed by atoms with van der Waals surface area (Å²) in [5.74, 6) is 1.54. The minimum atomic E-state index is 0.613. The maximum absolute atomic E-state index is 5.12. The Morgan fingerprint density at radius 3 is 3.08 bits per heavy atom. The van der Waals surface area contributed by atoms with Gasteiger partial charge < -0.3 is 4.42 Å². The van der Waals surface area contributed by atoms with Gasteiger partial charge in [0.05, 0.1) is 11.9 Å². The molecule has 2 aromatic heterocycles. The van der Waals surface area contributed by atoms with Crippen LogP contribution in [0.1, 0.15) is 18.5 Å². The van der Waals surface area contributed by atoms with Crippen molar-refractivity contribution < 1.29 is 4.42 Å². The van der Waals surface area contributed by atoms with Gasteiger partial charge in [0.1, 0.15) is 12.2 Å². The van der Waals surface area contributed by atoms with Gasteiger partial charge in [0, 0.05) is 6.20 Å². The van der Waals surface area contributed by atoms with Crippen molar-refractivity contribution >= 4 is 0 Å². The lowest BCUT2D eigenvalue weighted by Crippen LogP contribution is -1.97. The molecule has 0 bridgehead atoms. The fourth-order valence-electron chi connectivity index (χ4n) is 0.987. The van der Waals surface area contributed by atoms with Crippen molar-refractivity contribution in [2.24, 2.45) is 0 Å². The van der Waals surface area contributed by atoms with Crippen molar-refractivity contribution in [3.63, 3.8) is 0 Å². The zero-order valence-corrected chi connectivity index (χ0v) is 6.61. The van der Waals surface area contributed by atoms with E-state index in [1.807, 2.05) is 13.0 Å². The fraction of sp³-hybridized carbons (Fsp3) is 0.125. The van der Waals surface area contributed by atoms with Gasteiger partial charge in [0.25, 0.3) is 0 Å². The molecule has 0 aliphatic carbocycles. The molecule has 1 radical (unpaired) electrons. The second kappa shape index (κ2) is 2.81. The average Bonchev–Trinajstić information content (AvgIpc) is 2.77. The van der Waals surface area contributed by atoms with Crippen LogP contribution in [0.25, 0.3) is 0 Å². The minimum absolute atomic E-state index is 0.613. The number of nitrogens with one attached hydrogen (secondary N) is 1. The predicted molar refractivity (Wildman–Crippen MR) is 42.2 cm³/mol. The van der Waals surface area contributed by atoms with Crippen molar-refractivity contribution in [3.05, 3.63) is 42.2 Å². The Balaban J connectivity index is 2.27. The molecule has 0 aliphatic rings. The molecule has 4 heteroatoms. The zero-order chi connectivity index (χ0) is 8.39. The first-order valence-corrected chi connectivity index (χ1v) is 3.61. The summed E-state index contributed by atoms with van der Waals surface area (Å²) in [6, 6.07) is 1.87. The van der Waals surface area contributed by atoms with E-state index >= 15 is 0 Å². The van der Waals surface area contributed by atoms with Gasteiger partial charge in [-0.2, -0.15) is 5.10 Å². The third-order valence-electron chi connectivity index (χ3n) is 1.64. The molecule has 0 aliphatic heterocycles. The van der Waals surface area contributed by atoms with Crippen LogP contribution < -0.4 is 0 Å². The van der Waals surface area contributed by atoms with Crippen LogP contribution in [0.3, 0.4) is 0 Å². The van der Waals surface area contributed by atoms with E-state index in [1.54, 1.807) is 18.7 Å². The second-order valence-corrected chi connectivity index (χ2v) is 2.42. The topological polar surface area (TPSA) is 54.7 Å². The summed E-state index contributed by atoms with van der Waals surface area (Å²) < 4.78 is 5.12. The summed E-state index contributed by atoms with van der Waals surface area (Å²) >= 11 is 0. The number of rotatable bonds is 2. The van der Waals surface area contributed by atoms with E-state index in [2.05, 4.69) is 15.2 Å². The molecule has 0 spiro atoms. The van der Waals surface area contributed by atoms with Gasteiger partial charge >= 0.3 is 0 Å². The Hall–Kier alpha value is -1.58. The molecule has 2 heterocycles. The number of aromatic nitrogens is 3. The molecule has 0 fully saturated rings. The van der Waals surface area contributed by atoms with Crippen LogP contribution in [0.2, 0.25) is 0 Å². The highest BCUT2D eigenvalue weighted by atomic mass is 16.3. The fourth-order valence-corrected chi connectivity index (χ4v) is 0.987. The SMILES string of the molecule is C[C](c1cc[nH]n1)c1ncco1. The first-order chi connectivity index (χ1) is 5.88. The first kappa shape index (κ1) is 7.09. The Morgan fingerprint density at radius 2 is 2.50 bits per heavy atom. The quantitative estimate of drug-likeness (QED) is 0.725. The van der Waals surface area contributed by atoms with Crippen molar-refractivity contribution in [1.82, 2.24) is 15.2 Å². The van der Waals surface area contributed by atoms with E-state index < -0.39 is 0 Å². The van der Waals surface area contributed by atoms with Gasteiger partial charge in [-0.1, -0.05) is 0 Å². The van der Waals surface area contributed by atoms with Gasteiger partial charge in [-0.05, 0) is 13.0 Å². The van der Waals surface area contributed by atoms with Crippen molar-refractivity contribution in [2.45, 2.75) is 6.92 Å². The number of aromatic amines is 1. The summed E-state index contributed by atoms with van der Waals surface area (Å²) in [5.41, 5.74) is 0.859. The van der Waals surface area contributed by atoms with Crippen LogP contribution in [0.4, 0.5) is 0 Å². The Labute approximate surface area is 69.6 Å². The maximum atomic E-state index is 5.12. The Morgan fingerprint density at radius 1 is 1.58 bits per heavy atom. The zero-order valence-electron chi connectivity index (χ0n) is 6.61. The molecule has 4 nitrogen and oxygen atoms in total. The number of H-pyrrole nitrogens is 1. The lowest BCUT2D eigenvalue weighted by molar-refractivity contribution is 0.515. The molecular formula is C8H8N3O. The van der Waals surface area contributed by atoms with E-state index in [0.717, 1.165) is 11.6 Å². The third kappa shape index (κ3) is 1.11. The normalized spacial score (nSPS) is 10.8. The van der Waals surface area contributed by atoms with Crippen LogP contribution >= 0.6 is 0 Å². The molecule has 1 N–H and O–H groups in total. The highest BCUT2D eigenvalue weighted by Gasteiger charge is 2.14.